The molecule has 2 rings (SSSR count). The number of halogens is 2. The number of non-ortho nitro benzene ring substituents is 1. The molecule has 2 aromatic rings. The fourth-order valence-electron chi connectivity index (χ4n) is 1.65. The summed E-state index contributed by atoms with van der Waals surface area (Å²) in [6.07, 6.45) is 0. The predicted molar refractivity (Wildman–Crippen MR) is 87.3 cm³/mol. The molecule has 108 valence electrons. The van der Waals surface area contributed by atoms with Crippen LogP contribution in [0.2, 0.25) is 0 Å². The Kier molecular flexibility index (Phi) is 4.59. The predicted octanol–water partition coefficient (Wildman–Crippen LogP) is 3.95. The summed E-state index contributed by atoms with van der Waals surface area (Å²) in [5.41, 5.74) is 6.80. The molecule has 0 spiro atoms. The van der Waals surface area contributed by atoms with E-state index in [9.17, 15) is 14.9 Å². The van der Waals surface area contributed by atoms with E-state index in [1.807, 2.05) is 0 Å². The van der Waals surface area contributed by atoms with E-state index in [4.69, 9.17) is 5.73 Å². The largest absolute Gasteiger partial charge is 0.398 e. The summed E-state index contributed by atoms with van der Waals surface area (Å²) in [7, 11) is 0. The maximum absolute atomic E-state index is 12.2. The summed E-state index contributed by atoms with van der Waals surface area (Å²) in [6.45, 7) is 0. The van der Waals surface area contributed by atoms with Gasteiger partial charge in [0.2, 0.25) is 0 Å². The Labute approximate surface area is 136 Å². The van der Waals surface area contributed by atoms with E-state index in [0.29, 0.717) is 21.4 Å². The molecule has 0 saturated carbocycles. The second-order valence-corrected chi connectivity index (χ2v) is 5.88. The van der Waals surface area contributed by atoms with E-state index in [0.717, 1.165) is 4.47 Å². The van der Waals surface area contributed by atoms with Crippen LogP contribution in [0.1, 0.15) is 10.4 Å². The van der Waals surface area contributed by atoms with Gasteiger partial charge >= 0.3 is 0 Å². The maximum Gasteiger partial charge on any atom is 0.270 e. The van der Waals surface area contributed by atoms with Crippen molar-refractivity contribution in [3.63, 3.8) is 0 Å². The van der Waals surface area contributed by atoms with Gasteiger partial charge in [-0.3, -0.25) is 14.9 Å². The van der Waals surface area contributed by atoms with Gasteiger partial charge < -0.3 is 11.1 Å². The number of nitrogens with zero attached hydrogens (tertiary/aromatic N) is 1. The molecule has 0 aliphatic carbocycles. The highest BCUT2D eigenvalue weighted by atomic mass is 79.9. The van der Waals surface area contributed by atoms with Crippen molar-refractivity contribution in [1.29, 1.82) is 0 Å². The van der Waals surface area contributed by atoms with Crippen LogP contribution in [0.25, 0.3) is 0 Å². The summed E-state index contributed by atoms with van der Waals surface area (Å²) >= 11 is 6.45. The van der Waals surface area contributed by atoms with Crippen molar-refractivity contribution in [3.8, 4) is 0 Å². The third-order valence-corrected chi connectivity index (χ3v) is 3.82. The normalized spacial score (nSPS) is 10.2. The molecule has 1 amide bonds. The Morgan fingerprint density at radius 1 is 1.19 bits per heavy atom. The molecule has 21 heavy (non-hydrogen) atoms. The minimum Gasteiger partial charge on any atom is -0.398 e. The molecule has 0 bridgehead atoms. The summed E-state index contributed by atoms with van der Waals surface area (Å²) < 4.78 is 1.19. The van der Waals surface area contributed by atoms with Gasteiger partial charge in [-0.2, -0.15) is 0 Å². The van der Waals surface area contributed by atoms with Crippen LogP contribution in [-0.4, -0.2) is 10.8 Å². The highest BCUT2D eigenvalue weighted by Crippen LogP contribution is 2.28. The number of nitro benzene ring substituents is 1. The molecule has 3 N–H and O–H groups in total. The molecule has 0 saturated heterocycles. The van der Waals surface area contributed by atoms with E-state index in [-0.39, 0.29) is 5.69 Å². The Morgan fingerprint density at radius 3 is 2.48 bits per heavy atom. The fraction of sp³-hybridized carbons (Fsp3) is 0. The molecule has 6 nitrogen and oxygen atoms in total. The van der Waals surface area contributed by atoms with Crippen LogP contribution in [0.5, 0.6) is 0 Å². The monoisotopic (exact) mass is 413 g/mol. The number of hydrogen-bond acceptors (Lipinski definition) is 4. The molecule has 0 aliphatic heterocycles. The molecule has 0 atom stereocenters. The second kappa shape index (κ2) is 6.23. The number of carbonyl (C=O) groups excluding carboxylic acids is 1. The number of nitrogens with one attached hydrogen (secondary N) is 1. The van der Waals surface area contributed by atoms with Gasteiger partial charge in [0.05, 0.1) is 16.2 Å². The number of nitro groups is 1. The molecule has 0 heterocycles. The van der Waals surface area contributed by atoms with Gasteiger partial charge in [0.25, 0.3) is 11.6 Å². The van der Waals surface area contributed by atoms with Gasteiger partial charge in [0, 0.05) is 26.8 Å². The lowest BCUT2D eigenvalue weighted by Crippen LogP contribution is -2.14. The standard InChI is InChI=1S/C13H9Br2N3O3/c14-7-1-3-9(11(16)5-7)13(19)17-12-4-2-8(18(20)21)6-10(12)15/h1-6H,16H2,(H,17,19). The first-order chi connectivity index (χ1) is 9.88. The molecule has 0 aromatic heterocycles. The molecule has 0 radical (unpaired) electrons. The van der Waals surface area contributed by atoms with E-state index in [1.165, 1.54) is 18.2 Å². The Morgan fingerprint density at radius 2 is 1.90 bits per heavy atom. The Hall–Kier alpha value is -1.93. The highest BCUT2D eigenvalue weighted by Gasteiger charge is 2.14. The smallest absolute Gasteiger partial charge is 0.270 e. The number of benzene rings is 2. The van der Waals surface area contributed by atoms with Gasteiger partial charge in [0.1, 0.15) is 0 Å². The molecule has 0 unspecified atom stereocenters. The van der Waals surface area contributed by atoms with Crippen LogP contribution < -0.4 is 11.1 Å². The highest BCUT2D eigenvalue weighted by molar-refractivity contribution is 9.10. The molecule has 0 fully saturated rings. The van der Waals surface area contributed by atoms with Gasteiger partial charge in [-0.25, -0.2) is 0 Å². The summed E-state index contributed by atoms with van der Waals surface area (Å²) in [4.78, 5) is 22.3. The zero-order valence-corrected chi connectivity index (χ0v) is 13.6. The first-order valence-corrected chi connectivity index (χ1v) is 7.27. The third-order valence-electron chi connectivity index (χ3n) is 2.67. The van der Waals surface area contributed by atoms with Gasteiger partial charge in [-0.1, -0.05) is 15.9 Å². The lowest BCUT2D eigenvalue weighted by atomic mass is 10.1. The SMILES string of the molecule is Nc1cc(Br)ccc1C(=O)Nc1ccc([N+](=O)[O-])cc1Br. The van der Waals surface area contributed by atoms with Gasteiger partial charge in [-0.05, 0) is 40.2 Å². The molecular formula is C13H9Br2N3O3. The number of rotatable bonds is 3. The molecular weight excluding hydrogens is 406 g/mol. The molecule has 2 aromatic carbocycles. The number of amides is 1. The Balaban J connectivity index is 2.25. The topological polar surface area (TPSA) is 98.3 Å². The summed E-state index contributed by atoms with van der Waals surface area (Å²) in [5, 5.41) is 13.3. The maximum atomic E-state index is 12.2. The summed E-state index contributed by atoms with van der Waals surface area (Å²) in [6, 6.07) is 9.00. The van der Waals surface area contributed by atoms with Crippen molar-refractivity contribution in [3.05, 3.63) is 61.0 Å². The number of hydrogen-bond donors (Lipinski definition) is 2. The fourth-order valence-corrected chi connectivity index (χ4v) is 2.49. The molecule has 8 heteroatoms. The van der Waals surface area contributed by atoms with Crippen LogP contribution in [0.3, 0.4) is 0 Å². The number of carbonyl (C=O) groups is 1. The zero-order valence-electron chi connectivity index (χ0n) is 10.5. The molecule has 0 aliphatic rings. The van der Waals surface area contributed by atoms with Gasteiger partial charge in [0.15, 0.2) is 0 Å². The van der Waals surface area contributed by atoms with Crippen molar-refractivity contribution in [2.24, 2.45) is 0 Å². The van der Waals surface area contributed by atoms with Crippen molar-refractivity contribution in [2.45, 2.75) is 0 Å². The average molecular weight is 415 g/mol. The van der Waals surface area contributed by atoms with Gasteiger partial charge in [-0.15, -0.1) is 0 Å². The third kappa shape index (κ3) is 3.59. The van der Waals surface area contributed by atoms with E-state index >= 15 is 0 Å². The van der Waals surface area contributed by atoms with Crippen molar-refractivity contribution >= 4 is 54.8 Å². The van der Waals surface area contributed by atoms with E-state index in [2.05, 4.69) is 37.2 Å². The first-order valence-electron chi connectivity index (χ1n) is 5.69. The van der Waals surface area contributed by atoms with E-state index < -0.39 is 10.8 Å². The first kappa shape index (κ1) is 15.5. The average Bonchev–Trinajstić information content (AvgIpc) is 2.40. The number of anilines is 2. The lowest BCUT2D eigenvalue weighted by Gasteiger charge is -2.09. The zero-order chi connectivity index (χ0) is 15.6. The van der Waals surface area contributed by atoms with Crippen LogP contribution in [-0.2, 0) is 0 Å². The summed E-state index contributed by atoms with van der Waals surface area (Å²) in [5.74, 6) is -0.394. The van der Waals surface area contributed by atoms with Crippen molar-refractivity contribution < 1.29 is 9.72 Å². The van der Waals surface area contributed by atoms with Crippen molar-refractivity contribution in [1.82, 2.24) is 0 Å². The number of nitrogens with two attached hydrogens (primary N) is 1. The minimum atomic E-state index is -0.511. The van der Waals surface area contributed by atoms with Crippen LogP contribution in [0, 0.1) is 10.1 Å². The quantitative estimate of drug-likeness (QED) is 0.451. The second-order valence-electron chi connectivity index (χ2n) is 4.11. The van der Waals surface area contributed by atoms with Crippen LogP contribution in [0.15, 0.2) is 45.3 Å². The van der Waals surface area contributed by atoms with E-state index in [1.54, 1.807) is 18.2 Å². The lowest BCUT2D eigenvalue weighted by molar-refractivity contribution is -0.384. The Bertz CT molecular complexity index is 735. The van der Waals surface area contributed by atoms with Crippen LogP contribution >= 0.6 is 31.9 Å². The van der Waals surface area contributed by atoms with Crippen molar-refractivity contribution in [2.75, 3.05) is 11.1 Å². The van der Waals surface area contributed by atoms with Crippen LogP contribution in [0.4, 0.5) is 17.1 Å². The number of nitrogen functional groups attached to an aromatic ring is 1. The minimum absolute atomic E-state index is 0.0666.